The highest BCUT2D eigenvalue weighted by molar-refractivity contribution is 8.00. The minimum absolute atomic E-state index is 0.0455. The number of carbonyl (C=O) groups is 15. The first kappa shape index (κ1) is 101. The maximum Gasteiger partial charge on any atom is 0.305 e. The predicted octanol–water partition coefficient (Wildman–Crippen LogP) is -9.15. The molecule has 640 valence electrons. The third-order valence-corrected chi connectivity index (χ3v) is 16.8. The van der Waals surface area contributed by atoms with Crippen LogP contribution in [0.15, 0.2) is 30.3 Å². The summed E-state index contributed by atoms with van der Waals surface area (Å²) in [5, 5.41) is 42.6. The van der Waals surface area contributed by atoms with E-state index in [2.05, 4.69) is 99.2 Å². The standard InChI is InChI=1S/C67H112N16O27S3/c68-11-6-10-46-61(93)76-35-54(85)78-49(34-60(91)92)65(97)82-51(42-112)67(99)80-48(33-45-7-2-1-3-8-45)64(96)83-52(62(94)75-16-20-103-24-28-104-25-21-100-17-13-72-56(87)37-108-36-53(69)84)43-113-44-59(90)77-47(63(95)81-50(41-111)66(98)79-46)9-4-5-12-71-55(86)38-109-39-57(88)73-14-18-101-22-26-105-29-31-107-32-30-106-27-23-102-19-15-74-58(89)40-110-70/h1-3,7-8,46-52,111-112H,4-6,9-44,68,70H2,(H2,69,84)(H,71,86)(H,72,87)(H,73,88)(H,74,89)(H,75,94)(H,76,93)(H,77,90)(H,78,85)(H,79,98)(H,80,99)(H,81,95)(H,82,97)(H,83,96)(H,91,92)/t46-,47-,48-,49-,50-,51-,52-/m0/s1. The van der Waals surface area contributed by atoms with E-state index in [1.807, 2.05) is 0 Å². The average molecular weight is 1670 g/mol. The lowest BCUT2D eigenvalue weighted by Crippen LogP contribution is -2.60. The van der Waals surface area contributed by atoms with Crippen molar-refractivity contribution in [2.75, 3.05) is 208 Å². The molecule has 1 fully saturated rings. The van der Waals surface area contributed by atoms with E-state index in [4.69, 9.17) is 64.7 Å². The predicted molar refractivity (Wildman–Crippen MR) is 409 cm³/mol. The van der Waals surface area contributed by atoms with Crippen molar-refractivity contribution in [1.29, 1.82) is 0 Å². The molecule has 0 aliphatic carbocycles. The third kappa shape index (κ3) is 52.0. The number of primary amides is 1. The molecule has 0 saturated carbocycles. The van der Waals surface area contributed by atoms with E-state index in [0.29, 0.717) is 58.4 Å². The van der Waals surface area contributed by atoms with E-state index < -0.39 is 169 Å². The molecule has 0 unspecified atom stereocenters. The van der Waals surface area contributed by atoms with Gasteiger partial charge in [-0.05, 0) is 44.2 Å². The van der Waals surface area contributed by atoms with E-state index in [1.54, 1.807) is 30.3 Å². The Morgan fingerprint density at radius 3 is 1.31 bits per heavy atom. The van der Waals surface area contributed by atoms with Crippen molar-refractivity contribution < 1.29 is 129 Å². The molecule has 46 heteroatoms. The number of nitrogens with one attached hydrogen (secondary N) is 13. The molecule has 43 nitrogen and oxygen atoms in total. The Balaban J connectivity index is 2.19. The molecule has 1 aliphatic rings. The number of nitrogens with two attached hydrogens (primary N) is 3. The van der Waals surface area contributed by atoms with E-state index >= 15 is 0 Å². The van der Waals surface area contributed by atoms with Gasteiger partial charge in [-0.1, -0.05) is 30.3 Å². The molecule has 1 aliphatic heterocycles. The van der Waals surface area contributed by atoms with Gasteiger partial charge in [0.2, 0.25) is 82.7 Å². The molecule has 1 aromatic carbocycles. The number of benzene rings is 1. The topological polar surface area (TPSA) is 612 Å². The van der Waals surface area contributed by atoms with Crippen LogP contribution in [0.3, 0.4) is 0 Å². The smallest absolute Gasteiger partial charge is 0.305 e. The van der Waals surface area contributed by atoms with Crippen LogP contribution in [-0.4, -0.2) is 344 Å². The molecule has 0 spiro atoms. The third-order valence-electron chi connectivity index (χ3n) is 15.0. The highest BCUT2D eigenvalue weighted by Crippen LogP contribution is 2.11. The van der Waals surface area contributed by atoms with Gasteiger partial charge in [-0.2, -0.15) is 25.3 Å². The number of thiol groups is 2. The van der Waals surface area contributed by atoms with Gasteiger partial charge in [-0.3, -0.25) is 76.8 Å². The Morgan fingerprint density at radius 1 is 0.442 bits per heavy atom. The number of ether oxygens (including phenoxy) is 10. The zero-order chi connectivity index (χ0) is 83.1. The van der Waals surface area contributed by atoms with E-state index in [0.717, 1.165) is 11.8 Å². The fourth-order valence-corrected chi connectivity index (χ4v) is 10.8. The molecule has 1 aromatic rings. The Hall–Kier alpha value is -8.20. The van der Waals surface area contributed by atoms with Gasteiger partial charge in [0.05, 0.1) is 124 Å². The van der Waals surface area contributed by atoms with Crippen molar-refractivity contribution >= 4 is 126 Å². The lowest BCUT2D eigenvalue weighted by Gasteiger charge is -2.26. The Bertz CT molecular complexity index is 3020. The van der Waals surface area contributed by atoms with Crippen molar-refractivity contribution in [1.82, 2.24) is 69.1 Å². The van der Waals surface area contributed by atoms with Gasteiger partial charge in [0.25, 0.3) is 0 Å². The number of unbranched alkanes of at least 4 members (excludes halogenated alkanes) is 1. The Labute approximate surface area is 669 Å². The number of hydrogen-bond acceptors (Lipinski definition) is 31. The molecule has 2 rings (SSSR count). The highest BCUT2D eigenvalue weighted by atomic mass is 32.2. The van der Waals surface area contributed by atoms with Crippen LogP contribution >= 0.6 is 37.0 Å². The summed E-state index contributed by atoms with van der Waals surface area (Å²) in [5.41, 5.74) is 11.2. The van der Waals surface area contributed by atoms with Gasteiger partial charge < -0.3 is 133 Å². The summed E-state index contributed by atoms with van der Waals surface area (Å²) < 4.78 is 53.8. The van der Waals surface area contributed by atoms with Gasteiger partial charge in [0.15, 0.2) is 0 Å². The van der Waals surface area contributed by atoms with Crippen LogP contribution < -0.4 is 86.5 Å². The van der Waals surface area contributed by atoms with Gasteiger partial charge in [0.1, 0.15) is 75.3 Å². The number of rotatable bonds is 55. The van der Waals surface area contributed by atoms with Crippen LogP contribution in [0.1, 0.15) is 44.1 Å². The van der Waals surface area contributed by atoms with Gasteiger partial charge in [-0.25, -0.2) is 5.90 Å². The first-order chi connectivity index (χ1) is 54.5. The summed E-state index contributed by atoms with van der Waals surface area (Å²) >= 11 is 9.36. The SMILES string of the molecule is NCCC[C@@H]1NC(=O)[C@H](CS)NC(=O)[C@H](CCCCNC(=O)COCC(=O)NCCOCCOCCOCCOCCOCCNC(=O)CON)NC(=O)CSC[C@@H](C(=O)NCCOCCOCCOCCNC(=O)COCC(N)=O)NC(=O)[C@H](Cc2ccccc2)NC(=O)[C@H](CS)NC(=O)[C@H](CC(=O)O)NC(=O)CNC1=O. The molecule has 14 amide bonds. The summed E-state index contributed by atoms with van der Waals surface area (Å²) in [7, 11) is 0. The Kier molecular flexibility index (Phi) is 58.1. The normalized spacial score (nSPS) is 18.6. The molecular formula is C67H112N16O27S3. The highest BCUT2D eigenvalue weighted by Gasteiger charge is 2.34. The van der Waals surface area contributed by atoms with Gasteiger partial charge in [0, 0.05) is 56.4 Å². The number of carboxylic acid groups (broad SMARTS) is 1. The van der Waals surface area contributed by atoms with Crippen molar-refractivity contribution in [3.63, 3.8) is 0 Å². The second-order valence-electron chi connectivity index (χ2n) is 24.2. The molecular weight excluding hydrogens is 1560 g/mol. The van der Waals surface area contributed by atoms with Crippen LogP contribution in [0.25, 0.3) is 0 Å². The summed E-state index contributed by atoms with van der Waals surface area (Å²) in [6, 6.07) is -2.28. The van der Waals surface area contributed by atoms with Gasteiger partial charge in [-0.15, -0.1) is 11.8 Å². The number of hydrogen-bond donors (Lipinski definition) is 19. The number of carboxylic acids is 1. The van der Waals surface area contributed by atoms with Crippen LogP contribution in [0.5, 0.6) is 0 Å². The molecule has 1 heterocycles. The zero-order valence-corrected chi connectivity index (χ0v) is 65.7. The van der Waals surface area contributed by atoms with Crippen molar-refractivity contribution in [3.05, 3.63) is 35.9 Å². The molecule has 1 saturated heterocycles. The molecule has 20 N–H and O–H groups in total. The second kappa shape index (κ2) is 65.1. The van der Waals surface area contributed by atoms with E-state index in [9.17, 15) is 77.0 Å². The number of carbonyl (C=O) groups excluding carboxylic acids is 14. The van der Waals surface area contributed by atoms with Crippen molar-refractivity contribution in [2.45, 2.75) is 87.2 Å². The fraction of sp³-hybridized carbons (Fsp3) is 0.687. The minimum Gasteiger partial charge on any atom is -0.481 e. The largest absolute Gasteiger partial charge is 0.481 e. The van der Waals surface area contributed by atoms with Gasteiger partial charge >= 0.3 is 5.97 Å². The van der Waals surface area contributed by atoms with E-state index in [-0.39, 0.29) is 161 Å². The van der Waals surface area contributed by atoms with Crippen LogP contribution in [0, 0.1) is 0 Å². The van der Waals surface area contributed by atoms with Crippen LogP contribution in [0.2, 0.25) is 0 Å². The quantitative estimate of drug-likeness (QED) is 0.0164. The van der Waals surface area contributed by atoms with Crippen molar-refractivity contribution in [2.24, 2.45) is 17.4 Å². The summed E-state index contributed by atoms with van der Waals surface area (Å²) in [6.45, 7) is 1.54. The van der Waals surface area contributed by atoms with E-state index in [1.165, 1.54) is 0 Å². The molecule has 7 atom stereocenters. The number of thioether (sulfide) groups is 1. The van der Waals surface area contributed by atoms with Crippen LogP contribution in [-0.2, 0) is 131 Å². The van der Waals surface area contributed by atoms with Crippen LogP contribution in [0.4, 0.5) is 0 Å². The second-order valence-corrected chi connectivity index (χ2v) is 26.0. The van der Waals surface area contributed by atoms with Crippen molar-refractivity contribution in [3.8, 4) is 0 Å². The summed E-state index contributed by atoms with van der Waals surface area (Å²) in [5.74, 6) is -9.33. The summed E-state index contributed by atoms with van der Waals surface area (Å²) in [6.07, 6.45) is -0.834. The minimum atomic E-state index is -1.85. The maximum absolute atomic E-state index is 14.5. The fourth-order valence-electron chi connectivity index (χ4n) is 9.42. The first-order valence-electron chi connectivity index (χ1n) is 36.4. The molecule has 0 radical (unpaired) electrons. The zero-order valence-electron chi connectivity index (χ0n) is 63.1. The lowest BCUT2D eigenvalue weighted by molar-refractivity contribution is -0.141. The number of aliphatic carboxylic acids is 1. The summed E-state index contributed by atoms with van der Waals surface area (Å²) in [4.78, 5) is 201. The monoisotopic (exact) mass is 1670 g/mol. The Morgan fingerprint density at radius 2 is 0.841 bits per heavy atom. The number of amides is 14. The first-order valence-corrected chi connectivity index (χ1v) is 38.8. The maximum atomic E-state index is 14.5. The average Bonchev–Trinajstić information content (AvgIpc) is 1.04. The molecule has 0 bridgehead atoms. The molecule has 0 aromatic heterocycles. The lowest BCUT2D eigenvalue weighted by atomic mass is 10.0. The molecule has 113 heavy (non-hydrogen) atoms.